The van der Waals surface area contributed by atoms with Crippen molar-refractivity contribution in [2.45, 2.75) is 32.6 Å². The number of guanidine groups is 1. The van der Waals surface area contributed by atoms with Gasteiger partial charge in [0.2, 0.25) is 5.96 Å². The second kappa shape index (κ2) is 8.22. The molecule has 1 aromatic carbocycles. The van der Waals surface area contributed by atoms with Gasteiger partial charge in [-0.25, -0.2) is 5.43 Å². The van der Waals surface area contributed by atoms with Crippen molar-refractivity contribution in [1.82, 2.24) is 5.43 Å². The van der Waals surface area contributed by atoms with Gasteiger partial charge in [0.15, 0.2) is 0 Å². The molecule has 0 unspecified atom stereocenters. The van der Waals surface area contributed by atoms with Crippen LogP contribution in [0, 0.1) is 0 Å². The molecule has 22 heavy (non-hydrogen) atoms. The molecule has 0 aliphatic heterocycles. The van der Waals surface area contributed by atoms with Crippen LogP contribution in [0.3, 0.4) is 0 Å². The van der Waals surface area contributed by atoms with E-state index in [1.54, 1.807) is 13.3 Å². The van der Waals surface area contributed by atoms with Gasteiger partial charge in [0.25, 0.3) is 0 Å². The third kappa shape index (κ3) is 4.35. The zero-order valence-corrected chi connectivity index (χ0v) is 13.3. The molecule has 1 aliphatic carbocycles. The van der Waals surface area contributed by atoms with E-state index in [1.165, 1.54) is 18.4 Å². The number of fused-ring (bicyclic) bond motifs is 1. The Morgan fingerprint density at radius 3 is 3.05 bits per heavy atom. The van der Waals surface area contributed by atoms with E-state index >= 15 is 0 Å². The second-order valence-electron chi connectivity index (χ2n) is 5.23. The monoisotopic (exact) mass is 300 g/mol. The van der Waals surface area contributed by atoms with E-state index in [-0.39, 0.29) is 0 Å². The molecule has 0 heterocycles. The van der Waals surface area contributed by atoms with Crippen LogP contribution < -0.4 is 15.9 Å². The van der Waals surface area contributed by atoms with E-state index in [9.17, 15) is 0 Å². The minimum Gasteiger partial charge on any atom is -0.497 e. The number of aliphatic imine (C=N–C) groups is 1. The highest BCUT2D eigenvalue weighted by Crippen LogP contribution is 2.29. The maximum atomic E-state index is 5.77. The minimum absolute atomic E-state index is 0.358. The van der Waals surface area contributed by atoms with Crippen molar-refractivity contribution in [3.63, 3.8) is 0 Å². The van der Waals surface area contributed by atoms with Crippen molar-refractivity contribution >= 4 is 17.7 Å². The van der Waals surface area contributed by atoms with Crippen molar-refractivity contribution in [3.05, 3.63) is 35.4 Å². The maximum absolute atomic E-state index is 5.77. The SMILES string of the molecule is CCCCCN=C(N)N/N=C\C1=CCc2ccc(OC)cc21. The lowest BCUT2D eigenvalue weighted by molar-refractivity contribution is 0.414. The first kappa shape index (κ1) is 16.1. The van der Waals surface area contributed by atoms with Crippen LogP contribution in [0.1, 0.15) is 37.3 Å². The number of benzene rings is 1. The summed E-state index contributed by atoms with van der Waals surface area (Å²) in [5.74, 6) is 1.21. The van der Waals surface area contributed by atoms with Gasteiger partial charge in [-0.1, -0.05) is 31.9 Å². The molecule has 5 nitrogen and oxygen atoms in total. The molecular formula is C17H24N4O. The van der Waals surface area contributed by atoms with Crippen molar-refractivity contribution in [2.75, 3.05) is 13.7 Å². The number of ether oxygens (including phenoxy) is 1. The van der Waals surface area contributed by atoms with Crippen LogP contribution in [-0.4, -0.2) is 25.8 Å². The largest absolute Gasteiger partial charge is 0.497 e. The first-order chi connectivity index (χ1) is 10.7. The molecule has 2 rings (SSSR count). The number of hydrogen-bond donors (Lipinski definition) is 2. The maximum Gasteiger partial charge on any atom is 0.209 e. The molecule has 0 amide bonds. The lowest BCUT2D eigenvalue weighted by Crippen LogP contribution is -2.27. The quantitative estimate of drug-likeness (QED) is 0.352. The summed E-state index contributed by atoms with van der Waals surface area (Å²) in [6, 6.07) is 6.09. The minimum atomic E-state index is 0.358. The molecular weight excluding hydrogens is 276 g/mol. The smallest absolute Gasteiger partial charge is 0.209 e. The fourth-order valence-corrected chi connectivity index (χ4v) is 2.35. The molecule has 0 spiro atoms. The fourth-order valence-electron chi connectivity index (χ4n) is 2.35. The molecule has 3 N–H and O–H groups in total. The predicted molar refractivity (Wildman–Crippen MR) is 92.3 cm³/mol. The van der Waals surface area contributed by atoms with Crippen molar-refractivity contribution in [3.8, 4) is 5.75 Å². The summed E-state index contributed by atoms with van der Waals surface area (Å²) in [4.78, 5) is 4.23. The fraction of sp³-hybridized carbons (Fsp3) is 0.412. The highest BCUT2D eigenvalue weighted by molar-refractivity contribution is 6.12. The van der Waals surface area contributed by atoms with Crippen LogP contribution in [0.4, 0.5) is 0 Å². The first-order valence-electron chi connectivity index (χ1n) is 7.71. The van der Waals surface area contributed by atoms with E-state index in [1.807, 2.05) is 12.1 Å². The number of methoxy groups -OCH3 is 1. The van der Waals surface area contributed by atoms with Gasteiger partial charge < -0.3 is 10.5 Å². The molecule has 0 atom stereocenters. The number of nitrogens with zero attached hydrogens (tertiary/aromatic N) is 2. The van der Waals surface area contributed by atoms with Crippen molar-refractivity contribution < 1.29 is 4.74 Å². The standard InChI is InChI=1S/C17H24N4O/c1-3-4-5-10-19-17(18)21-20-12-14-7-6-13-8-9-15(22-2)11-16(13)14/h7-9,11-12H,3-6,10H2,1-2H3,(H3,18,19,21)/b20-12-. The number of nitrogens with one attached hydrogen (secondary N) is 1. The van der Waals surface area contributed by atoms with Crippen LogP contribution in [0.2, 0.25) is 0 Å². The normalized spacial score (nSPS) is 14.1. The van der Waals surface area contributed by atoms with Gasteiger partial charge in [0.1, 0.15) is 5.75 Å². The van der Waals surface area contributed by atoms with Gasteiger partial charge in [-0.15, -0.1) is 0 Å². The van der Waals surface area contributed by atoms with Gasteiger partial charge in [0.05, 0.1) is 13.3 Å². The Labute approximate surface area is 132 Å². The first-order valence-corrected chi connectivity index (χ1v) is 7.71. The molecule has 0 fully saturated rings. The lowest BCUT2D eigenvalue weighted by Gasteiger charge is -2.05. The average Bonchev–Trinajstić information content (AvgIpc) is 2.94. The summed E-state index contributed by atoms with van der Waals surface area (Å²) in [6.45, 7) is 2.91. The zero-order chi connectivity index (χ0) is 15.8. The summed E-state index contributed by atoms with van der Waals surface area (Å²) in [5.41, 5.74) is 12.0. The van der Waals surface area contributed by atoms with Gasteiger partial charge in [-0.05, 0) is 41.7 Å². The second-order valence-corrected chi connectivity index (χ2v) is 5.23. The number of unbranched alkanes of at least 4 members (excludes halogenated alkanes) is 2. The van der Waals surface area contributed by atoms with Crippen LogP contribution in [0.5, 0.6) is 5.75 Å². The molecule has 0 saturated heterocycles. The Kier molecular flexibility index (Phi) is 6.01. The Hall–Kier alpha value is -2.30. The van der Waals surface area contributed by atoms with Crippen LogP contribution in [-0.2, 0) is 6.42 Å². The van der Waals surface area contributed by atoms with Gasteiger partial charge in [-0.2, -0.15) is 5.10 Å². The highest BCUT2D eigenvalue weighted by atomic mass is 16.5. The average molecular weight is 300 g/mol. The molecule has 0 aromatic heterocycles. The van der Waals surface area contributed by atoms with Gasteiger partial charge >= 0.3 is 0 Å². The Bertz CT molecular complexity index is 590. The van der Waals surface area contributed by atoms with Gasteiger partial charge in [0, 0.05) is 6.54 Å². The van der Waals surface area contributed by atoms with E-state index in [2.05, 4.69) is 34.6 Å². The molecule has 118 valence electrons. The topological polar surface area (TPSA) is 72.0 Å². The van der Waals surface area contributed by atoms with Crippen LogP contribution in [0.15, 0.2) is 34.4 Å². The van der Waals surface area contributed by atoms with E-state index < -0.39 is 0 Å². The zero-order valence-electron chi connectivity index (χ0n) is 13.3. The lowest BCUT2D eigenvalue weighted by atomic mass is 10.1. The number of nitrogens with two attached hydrogens (primary N) is 1. The molecule has 1 aromatic rings. The number of rotatable bonds is 7. The molecule has 1 aliphatic rings. The van der Waals surface area contributed by atoms with Crippen molar-refractivity contribution in [2.24, 2.45) is 15.8 Å². The Balaban J connectivity index is 1.90. The molecule has 5 heteroatoms. The summed E-state index contributed by atoms with van der Waals surface area (Å²) in [5, 5.41) is 4.17. The summed E-state index contributed by atoms with van der Waals surface area (Å²) >= 11 is 0. The van der Waals surface area contributed by atoms with E-state index in [4.69, 9.17) is 10.5 Å². The Morgan fingerprint density at radius 2 is 2.27 bits per heavy atom. The predicted octanol–water partition coefficient (Wildman–Crippen LogP) is 2.72. The summed E-state index contributed by atoms with van der Waals surface area (Å²) in [7, 11) is 1.67. The third-order valence-corrected chi connectivity index (χ3v) is 3.60. The number of hydrogen-bond acceptors (Lipinski definition) is 3. The van der Waals surface area contributed by atoms with Crippen LogP contribution in [0.25, 0.3) is 5.57 Å². The van der Waals surface area contributed by atoms with Gasteiger partial charge in [-0.3, -0.25) is 4.99 Å². The van der Waals surface area contributed by atoms with Crippen molar-refractivity contribution in [1.29, 1.82) is 0 Å². The molecule has 0 bridgehead atoms. The number of allylic oxidation sites excluding steroid dienone is 2. The highest BCUT2D eigenvalue weighted by Gasteiger charge is 2.13. The molecule has 0 saturated carbocycles. The van der Waals surface area contributed by atoms with E-state index in [0.717, 1.165) is 36.3 Å². The van der Waals surface area contributed by atoms with Crippen LogP contribution >= 0.6 is 0 Å². The molecule has 0 radical (unpaired) electrons. The summed E-state index contributed by atoms with van der Waals surface area (Å²) < 4.78 is 5.27. The third-order valence-electron chi connectivity index (χ3n) is 3.60. The van der Waals surface area contributed by atoms with E-state index in [0.29, 0.717) is 5.96 Å². The number of hydrazone groups is 1. The Morgan fingerprint density at radius 1 is 1.41 bits per heavy atom. The summed E-state index contributed by atoms with van der Waals surface area (Å²) in [6.07, 6.45) is 8.25.